The quantitative estimate of drug-likeness (QED) is 0.721. The second-order valence-electron chi connectivity index (χ2n) is 5.36. The first-order chi connectivity index (χ1) is 10.9. The minimum atomic E-state index is -2.88. The number of methoxy groups -OCH3 is 2. The number of carbonyl (C=O) groups excluding carboxylic acids is 1. The molecular formula is C15H20F2N2O4. The van der Waals surface area contributed by atoms with Crippen LogP contribution in [0.1, 0.15) is 18.1 Å². The van der Waals surface area contributed by atoms with Gasteiger partial charge in [-0.05, 0) is 18.2 Å². The van der Waals surface area contributed by atoms with E-state index in [9.17, 15) is 18.7 Å². The van der Waals surface area contributed by atoms with Crippen LogP contribution in [-0.2, 0) is 4.79 Å². The molecule has 1 fully saturated rings. The lowest BCUT2D eigenvalue weighted by molar-refractivity contribution is -0.123. The van der Waals surface area contributed by atoms with Gasteiger partial charge in [-0.25, -0.2) is 8.78 Å². The summed E-state index contributed by atoms with van der Waals surface area (Å²) in [4.78, 5) is 11.9. The molecule has 1 aromatic rings. The van der Waals surface area contributed by atoms with E-state index < -0.39 is 36.9 Å². The average molecular weight is 330 g/mol. The third-order valence-electron chi connectivity index (χ3n) is 3.69. The molecule has 1 amide bonds. The molecule has 1 saturated heterocycles. The third kappa shape index (κ3) is 4.29. The fourth-order valence-electron chi connectivity index (χ4n) is 2.43. The van der Waals surface area contributed by atoms with Crippen molar-refractivity contribution in [3.05, 3.63) is 23.8 Å². The maximum Gasteiger partial charge on any atom is 0.262 e. The fraction of sp³-hybridized carbons (Fsp3) is 0.533. The summed E-state index contributed by atoms with van der Waals surface area (Å²) in [5, 5.41) is 15.2. The van der Waals surface area contributed by atoms with Crippen LogP contribution < -0.4 is 20.1 Å². The summed E-state index contributed by atoms with van der Waals surface area (Å²) in [6.07, 6.45) is -1.59. The van der Waals surface area contributed by atoms with Crippen LogP contribution >= 0.6 is 0 Å². The fourth-order valence-corrected chi connectivity index (χ4v) is 2.43. The Kier molecular flexibility index (Phi) is 5.38. The maximum atomic E-state index is 13.1. The van der Waals surface area contributed by atoms with Crippen LogP contribution in [0.4, 0.5) is 8.78 Å². The van der Waals surface area contributed by atoms with Crippen LogP contribution in [0.2, 0.25) is 0 Å². The number of benzene rings is 1. The van der Waals surface area contributed by atoms with E-state index in [2.05, 4.69) is 10.6 Å². The Hall–Kier alpha value is -1.93. The molecule has 0 aliphatic carbocycles. The van der Waals surface area contributed by atoms with Crippen molar-refractivity contribution in [2.24, 2.45) is 0 Å². The van der Waals surface area contributed by atoms with Crippen LogP contribution in [0, 0.1) is 0 Å². The number of halogens is 2. The van der Waals surface area contributed by atoms with Crippen molar-refractivity contribution in [2.75, 3.05) is 27.3 Å². The monoisotopic (exact) mass is 330 g/mol. The molecule has 6 nitrogen and oxygen atoms in total. The van der Waals surface area contributed by atoms with Gasteiger partial charge in [0.05, 0.1) is 32.9 Å². The summed E-state index contributed by atoms with van der Waals surface area (Å²) in [5.74, 6) is -2.47. The Morgan fingerprint density at radius 1 is 1.48 bits per heavy atom. The highest BCUT2D eigenvalue weighted by Gasteiger charge is 2.42. The summed E-state index contributed by atoms with van der Waals surface area (Å²) in [7, 11) is 2.95. The number of hydrogen-bond donors (Lipinski definition) is 3. The third-order valence-corrected chi connectivity index (χ3v) is 3.69. The van der Waals surface area contributed by atoms with Crippen molar-refractivity contribution in [1.82, 2.24) is 10.6 Å². The molecule has 1 aliphatic heterocycles. The van der Waals surface area contributed by atoms with Crippen molar-refractivity contribution in [2.45, 2.75) is 24.5 Å². The van der Waals surface area contributed by atoms with Gasteiger partial charge in [0.15, 0.2) is 0 Å². The minimum Gasteiger partial charge on any atom is -0.497 e. The predicted molar refractivity (Wildman–Crippen MR) is 78.9 cm³/mol. The standard InChI is InChI=1S/C15H20F2N2O4/c1-22-9-3-4-13(23-2)10(5-9)12(20)7-18-14(21)11-6-15(16,17)8-19-11/h3-5,11-12,19-20H,6-8H2,1-2H3,(H,18,21). The normalized spacial score (nSPS) is 20.8. The molecule has 2 unspecified atom stereocenters. The number of nitrogens with one attached hydrogen (secondary N) is 2. The number of alkyl halides is 2. The van der Waals surface area contributed by atoms with Gasteiger partial charge >= 0.3 is 0 Å². The summed E-state index contributed by atoms with van der Waals surface area (Å²) < 4.78 is 36.4. The van der Waals surface area contributed by atoms with E-state index in [0.29, 0.717) is 17.1 Å². The number of hydrogen-bond acceptors (Lipinski definition) is 5. The van der Waals surface area contributed by atoms with Gasteiger partial charge in [0.2, 0.25) is 5.91 Å². The molecule has 1 aromatic carbocycles. The molecule has 23 heavy (non-hydrogen) atoms. The van der Waals surface area contributed by atoms with E-state index in [0.717, 1.165) is 0 Å². The molecule has 2 rings (SSSR count). The van der Waals surface area contributed by atoms with Crippen molar-refractivity contribution in [3.63, 3.8) is 0 Å². The van der Waals surface area contributed by atoms with E-state index in [1.807, 2.05) is 0 Å². The minimum absolute atomic E-state index is 0.119. The Bertz CT molecular complexity index is 568. The molecule has 0 bridgehead atoms. The average Bonchev–Trinajstić information content (AvgIpc) is 2.91. The van der Waals surface area contributed by atoms with Gasteiger partial charge in [0.1, 0.15) is 11.5 Å². The Morgan fingerprint density at radius 2 is 2.22 bits per heavy atom. The van der Waals surface area contributed by atoms with Crippen LogP contribution in [0.15, 0.2) is 18.2 Å². The molecule has 1 heterocycles. The van der Waals surface area contributed by atoms with Crippen molar-refractivity contribution >= 4 is 5.91 Å². The Morgan fingerprint density at radius 3 is 2.78 bits per heavy atom. The lowest BCUT2D eigenvalue weighted by Crippen LogP contribution is -2.41. The van der Waals surface area contributed by atoms with E-state index in [1.54, 1.807) is 18.2 Å². The molecule has 3 N–H and O–H groups in total. The highest BCUT2D eigenvalue weighted by Crippen LogP contribution is 2.29. The largest absolute Gasteiger partial charge is 0.497 e. The summed E-state index contributed by atoms with van der Waals surface area (Å²) >= 11 is 0. The van der Waals surface area contributed by atoms with E-state index in [-0.39, 0.29) is 6.54 Å². The lowest BCUT2D eigenvalue weighted by Gasteiger charge is -2.18. The van der Waals surface area contributed by atoms with Gasteiger partial charge in [-0.1, -0.05) is 0 Å². The SMILES string of the molecule is COc1ccc(OC)c(C(O)CNC(=O)C2CC(F)(F)CN2)c1. The first-order valence-electron chi connectivity index (χ1n) is 7.15. The molecule has 0 saturated carbocycles. The van der Waals surface area contributed by atoms with Gasteiger partial charge in [-0.15, -0.1) is 0 Å². The lowest BCUT2D eigenvalue weighted by atomic mass is 10.1. The van der Waals surface area contributed by atoms with Crippen LogP contribution in [-0.4, -0.2) is 50.3 Å². The van der Waals surface area contributed by atoms with Gasteiger partial charge < -0.3 is 19.9 Å². The molecule has 0 spiro atoms. The zero-order valence-electron chi connectivity index (χ0n) is 12.9. The summed E-state index contributed by atoms with van der Waals surface area (Å²) in [6.45, 7) is -0.635. The highest BCUT2D eigenvalue weighted by atomic mass is 19.3. The summed E-state index contributed by atoms with van der Waals surface area (Å²) in [5.41, 5.74) is 0.442. The zero-order chi connectivity index (χ0) is 17.0. The number of amides is 1. The topological polar surface area (TPSA) is 79.8 Å². The zero-order valence-corrected chi connectivity index (χ0v) is 12.9. The van der Waals surface area contributed by atoms with Gasteiger partial charge in [-0.2, -0.15) is 0 Å². The molecular weight excluding hydrogens is 310 g/mol. The Balaban J connectivity index is 1.97. The smallest absolute Gasteiger partial charge is 0.262 e. The summed E-state index contributed by atoms with van der Waals surface area (Å²) in [6, 6.07) is 3.96. The van der Waals surface area contributed by atoms with Gasteiger partial charge in [0, 0.05) is 18.5 Å². The molecule has 0 radical (unpaired) electrons. The van der Waals surface area contributed by atoms with Crippen LogP contribution in [0.5, 0.6) is 11.5 Å². The molecule has 2 atom stereocenters. The van der Waals surface area contributed by atoms with Gasteiger partial charge in [0.25, 0.3) is 5.92 Å². The number of ether oxygens (including phenoxy) is 2. The van der Waals surface area contributed by atoms with Crippen molar-refractivity contribution in [1.29, 1.82) is 0 Å². The molecule has 1 aliphatic rings. The van der Waals surface area contributed by atoms with Crippen LogP contribution in [0.25, 0.3) is 0 Å². The molecule has 0 aromatic heterocycles. The number of aliphatic hydroxyl groups is 1. The first kappa shape index (κ1) is 17.4. The maximum absolute atomic E-state index is 13.1. The second kappa shape index (κ2) is 7.10. The van der Waals surface area contributed by atoms with E-state index in [4.69, 9.17) is 9.47 Å². The number of rotatable bonds is 6. The van der Waals surface area contributed by atoms with E-state index >= 15 is 0 Å². The van der Waals surface area contributed by atoms with Crippen LogP contribution in [0.3, 0.4) is 0 Å². The van der Waals surface area contributed by atoms with Gasteiger partial charge in [-0.3, -0.25) is 10.1 Å². The predicted octanol–water partition coefficient (Wildman–Crippen LogP) is 0.851. The number of carbonyl (C=O) groups is 1. The number of aliphatic hydroxyl groups excluding tert-OH is 1. The van der Waals surface area contributed by atoms with E-state index in [1.165, 1.54) is 14.2 Å². The molecule has 8 heteroatoms. The Labute approximate surface area is 132 Å². The highest BCUT2D eigenvalue weighted by molar-refractivity contribution is 5.82. The van der Waals surface area contributed by atoms with Crippen molar-refractivity contribution in [3.8, 4) is 11.5 Å². The second-order valence-corrected chi connectivity index (χ2v) is 5.36. The molecule has 128 valence electrons. The van der Waals surface area contributed by atoms with Crippen molar-refractivity contribution < 1.29 is 28.2 Å². The first-order valence-corrected chi connectivity index (χ1v) is 7.15.